The van der Waals surface area contributed by atoms with E-state index < -0.39 is 0 Å². The molecule has 0 N–H and O–H groups in total. The molecule has 0 saturated heterocycles. The molecule has 0 amide bonds. The number of benzene rings is 9. The van der Waals surface area contributed by atoms with Gasteiger partial charge in [0.05, 0.1) is 11.1 Å². The Kier molecular flexibility index (Phi) is 7.17. The number of anilines is 3. The molecule has 3 nitrogen and oxygen atoms in total. The molecule has 0 aliphatic heterocycles. The highest BCUT2D eigenvalue weighted by atomic mass is 16.3. The minimum absolute atomic E-state index is 0.836. The third kappa shape index (κ3) is 5.20. The first-order chi connectivity index (χ1) is 27.3. The molecule has 0 bridgehead atoms. The van der Waals surface area contributed by atoms with Crippen LogP contribution in [0.1, 0.15) is 0 Å². The molecule has 2 aromatic heterocycles. The lowest BCUT2D eigenvalue weighted by atomic mass is 9.99. The van der Waals surface area contributed by atoms with Gasteiger partial charge in [0.1, 0.15) is 22.3 Å². The van der Waals surface area contributed by atoms with Crippen LogP contribution in [0.15, 0.2) is 209 Å². The molecule has 11 aromatic rings. The fourth-order valence-electron chi connectivity index (χ4n) is 8.21. The second-order valence-electron chi connectivity index (χ2n) is 14.1. The Balaban J connectivity index is 1.13. The summed E-state index contributed by atoms with van der Waals surface area (Å²) in [5.74, 6) is 0. The molecular weight excluding hydrogens is 671 g/mol. The van der Waals surface area contributed by atoms with Crippen molar-refractivity contribution in [3.63, 3.8) is 0 Å². The van der Waals surface area contributed by atoms with Crippen molar-refractivity contribution in [1.29, 1.82) is 0 Å². The number of rotatable bonds is 6. The van der Waals surface area contributed by atoms with Crippen LogP contribution in [0.3, 0.4) is 0 Å². The van der Waals surface area contributed by atoms with Crippen LogP contribution >= 0.6 is 0 Å². The number of para-hydroxylation sites is 2. The highest BCUT2D eigenvalue weighted by Gasteiger charge is 2.23. The summed E-state index contributed by atoms with van der Waals surface area (Å²) < 4.78 is 13.5. The SMILES string of the molecule is c1ccc(-c2cccc3c2oc2cc(N(c4ccc(-c5ccc6ccccc6c5)cc4)c4ccc(-c5ccccc5)c5oc6ccccc6c45)ccc23)cc1. The summed E-state index contributed by atoms with van der Waals surface area (Å²) in [5, 5.41) is 6.78. The molecule has 9 aromatic carbocycles. The van der Waals surface area contributed by atoms with Crippen LogP contribution in [0.2, 0.25) is 0 Å². The van der Waals surface area contributed by atoms with Gasteiger partial charge in [-0.1, -0.05) is 146 Å². The van der Waals surface area contributed by atoms with Crippen molar-refractivity contribution in [3.05, 3.63) is 200 Å². The topological polar surface area (TPSA) is 29.5 Å². The van der Waals surface area contributed by atoms with Crippen molar-refractivity contribution < 1.29 is 8.83 Å². The Morgan fingerprint density at radius 3 is 1.76 bits per heavy atom. The maximum Gasteiger partial charge on any atom is 0.145 e. The Hall–Kier alpha value is -7.36. The van der Waals surface area contributed by atoms with Crippen molar-refractivity contribution >= 4 is 71.7 Å². The van der Waals surface area contributed by atoms with Crippen molar-refractivity contribution in [3.8, 4) is 33.4 Å². The van der Waals surface area contributed by atoms with Gasteiger partial charge >= 0.3 is 0 Å². The molecule has 11 rings (SSSR count). The maximum absolute atomic E-state index is 6.79. The average molecular weight is 704 g/mol. The lowest BCUT2D eigenvalue weighted by molar-refractivity contribution is 0.670. The summed E-state index contributed by atoms with van der Waals surface area (Å²) in [6, 6.07) is 70.8. The number of hydrogen-bond acceptors (Lipinski definition) is 3. The summed E-state index contributed by atoms with van der Waals surface area (Å²) in [6.45, 7) is 0. The highest BCUT2D eigenvalue weighted by molar-refractivity contribution is 6.17. The number of fused-ring (bicyclic) bond motifs is 7. The molecular formula is C52H33NO2. The molecule has 0 unspecified atom stereocenters. The molecule has 2 heterocycles. The van der Waals surface area contributed by atoms with Gasteiger partial charge in [0.2, 0.25) is 0 Å². The van der Waals surface area contributed by atoms with E-state index in [9.17, 15) is 0 Å². The largest absolute Gasteiger partial charge is 0.455 e. The van der Waals surface area contributed by atoms with Crippen molar-refractivity contribution in [2.75, 3.05) is 4.90 Å². The summed E-state index contributed by atoms with van der Waals surface area (Å²) in [7, 11) is 0. The Morgan fingerprint density at radius 2 is 0.964 bits per heavy atom. The van der Waals surface area contributed by atoms with Gasteiger partial charge in [0.25, 0.3) is 0 Å². The van der Waals surface area contributed by atoms with E-state index in [1.807, 2.05) is 18.2 Å². The van der Waals surface area contributed by atoms with Crippen LogP contribution in [0.25, 0.3) is 88.0 Å². The average Bonchev–Trinajstić information content (AvgIpc) is 3.83. The Morgan fingerprint density at radius 1 is 0.327 bits per heavy atom. The lowest BCUT2D eigenvalue weighted by Gasteiger charge is -2.27. The highest BCUT2D eigenvalue weighted by Crippen LogP contribution is 2.47. The van der Waals surface area contributed by atoms with Gasteiger partial charge in [-0.3, -0.25) is 0 Å². The zero-order chi connectivity index (χ0) is 36.3. The van der Waals surface area contributed by atoms with Gasteiger partial charge in [-0.15, -0.1) is 0 Å². The van der Waals surface area contributed by atoms with Gasteiger partial charge in [-0.25, -0.2) is 0 Å². The normalized spacial score (nSPS) is 11.6. The van der Waals surface area contributed by atoms with E-state index in [0.717, 1.165) is 88.8 Å². The van der Waals surface area contributed by atoms with Gasteiger partial charge in [0.15, 0.2) is 0 Å². The van der Waals surface area contributed by atoms with Crippen molar-refractivity contribution in [2.45, 2.75) is 0 Å². The monoisotopic (exact) mass is 703 g/mol. The zero-order valence-electron chi connectivity index (χ0n) is 29.8. The van der Waals surface area contributed by atoms with Gasteiger partial charge in [-0.05, 0) is 81.6 Å². The number of nitrogens with zero attached hydrogens (tertiary/aromatic N) is 1. The number of hydrogen-bond donors (Lipinski definition) is 0. The minimum atomic E-state index is 0.836. The van der Waals surface area contributed by atoms with E-state index in [-0.39, 0.29) is 0 Å². The van der Waals surface area contributed by atoms with E-state index in [2.05, 4.69) is 187 Å². The van der Waals surface area contributed by atoms with Crippen LogP contribution < -0.4 is 4.90 Å². The van der Waals surface area contributed by atoms with Crippen LogP contribution in [-0.4, -0.2) is 0 Å². The molecule has 0 spiro atoms. The Labute approximate surface area is 317 Å². The Bertz CT molecular complexity index is 3190. The molecule has 3 heteroatoms. The molecule has 0 radical (unpaired) electrons. The molecule has 0 fully saturated rings. The van der Waals surface area contributed by atoms with Crippen LogP contribution in [-0.2, 0) is 0 Å². The predicted molar refractivity (Wildman–Crippen MR) is 229 cm³/mol. The maximum atomic E-state index is 6.79. The molecule has 258 valence electrons. The second kappa shape index (κ2) is 12.6. The van der Waals surface area contributed by atoms with E-state index in [1.54, 1.807) is 0 Å². The van der Waals surface area contributed by atoms with Crippen molar-refractivity contribution in [1.82, 2.24) is 0 Å². The smallest absolute Gasteiger partial charge is 0.145 e. The first-order valence-electron chi connectivity index (χ1n) is 18.7. The third-order valence-corrected chi connectivity index (χ3v) is 10.9. The summed E-state index contributed by atoms with van der Waals surface area (Å²) >= 11 is 0. The van der Waals surface area contributed by atoms with Crippen LogP contribution in [0, 0.1) is 0 Å². The molecule has 0 aliphatic rings. The summed E-state index contributed by atoms with van der Waals surface area (Å²) in [4.78, 5) is 2.34. The third-order valence-electron chi connectivity index (χ3n) is 10.9. The van der Waals surface area contributed by atoms with Crippen LogP contribution in [0.4, 0.5) is 17.1 Å². The van der Waals surface area contributed by atoms with E-state index in [1.165, 1.54) is 16.3 Å². The quantitative estimate of drug-likeness (QED) is 0.173. The van der Waals surface area contributed by atoms with E-state index in [4.69, 9.17) is 8.83 Å². The fraction of sp³-hybridized carbons (Fsp3) is 0. The van der Waals surface area contributed by atoms with E-state index >= 15 is 0 Å². The standard InChI is InChI=1S/C52H33NO2/c1-3-13-36(14-4-1)42-19-11-20-45-44-29-28-41(33-49(44)55-51(42)45)53(40-26-24-35(25-27-40)39-23-22-34-12-7-8-17-38(34)32-39)47-31-30-43(37-15-5-2-6-16-37)52-50(47)46-18-9-10-21-48(46)54-52/h1-33H. The minimum Gasteiger partial charge on any atom is -0.455 e. The molecule has 0 atom stereocenters. The van der Waals surface area contributed by atoms with E-state index in [0.29, 0.717) is 0 Å². The van der Waals surface area contributed by atoms with Crippen LogP contribution in [0.5, 0.6) is 0 Å². The fourth-order valence-corrected chi connectivity index (χ4v) is 8.21. The summed E-state index contributed by atoms with van der Waals surface area (Å²) in [6.07, 6.45) is 0. The summed E-state index contributed by atoms with van der Waals surface area (Å²) in [5.41, 5.74) is 13.2. The first kappa shape index (κ1) is 31.2. The van der Waals surface area contributed by atoms with Gasteiger partial charge in [-0.2, -0.15) is 0 Å². The first-order valence-corrected chi connectivity index (χ1v) is 18.7. The lowest BCUT2D eigenvalue weighted by Crippen LogP contribution is -2.10. The molecule has 0 saturated carbocycles. The van der Waals surface area contributed by atoms with Gasteiger partial charge < -0.3 is 13.7 Å². The molecule has 0 aliphatic carbocycles. The zero-order valence-corrected chi connectivity index (χ0v) is 29.8. The number of furan rings is 2. The predicted octanol–water partition coefficient (Wildman–Crippen LogP) is 15.1. The molecule has 55 heavy (non-hydrogen) atoms. The second-order valence-corrected chi connectivity index (χ2v) is 14.1. The van der Waals surface area contributed by atoms with Crippen molar-refractivity contribution in [2.24, 2.45) is 0 Å². The van der Waals surface area contributed by atoms with Gasteiger partial charge in [0, 0.05) is 44.7 Å².